The number of carbonyl (C=O) groups excluding carboxylic acids is 1. The highest BCUT2D eigenvalue weighted by molar-refractivity contribution is 7.89. The molecule has 0 aliphatic carbocycles. The Morgan fingerprint density at radius 1 is 1.09 bits per heavy atom. The Hall–Kier alpha value is -2.66. The molecule has 1 saturated heterocycles. The van der Waals surface area contributed by atoms with Crippen LogP contribution in [0.15, 0.2) is 47.4 Å². The van der Waals surface area contributed by atoms with Gasteiger partial charge in [0.2, 0.25) is 16.8 Å². The lowest BCUT2D eigenvalue weighted by atomic mass is 9.74. The topological polar surface area (TPSA) is 112 Å². The van der Waals surface area contributed by atoms with Gasteiger partial charge in [-0.2, -0.15) is 0 Å². The second kappa shape index (κ2) is 10.1. The number of hydrogen-bond acceptors (Lipinski definition) is 7. The first-order chi connectivity index (χ1) is 15.9. The molecule has 1 amide bonds. The highest BCUT2D eigenvalue weighted by Crippen LogP contribution is 2.40. The SMILES string of the molecule is COCCNS(=O)(=O)c1cccc(C(=O)NCC2(c3ccc4c(c3)OCO4)CCOCC2)c1. The predicted octanol–water partition coefficient (Wildman–Crippen LogP) is 1.82. The van der Waals surface area contributed by atoms with Crippen LogP contribution in [0, 0.1) is 0 Å². The minimum Gasteiger partial charge on any atom is -0.454 e. The summed E-state index contributed by atoms with van der Waals surface area (Å²) in [7, 11) is -2.24. The lowest BCUT2D eigenvalue weighted by molar-refractivity contribution is 0.0486. The summed E-state index contributed by atoms with van der Waals surface area (Å²) in [5, 5.41) is 3.00. The minimum atomic E-state index is -3.74. The van der Waals surface area contributed by atoms with Crippen LogP contribution < -0.4 is 19.5 Å². The van der Waals surface area contributed by atoms with Gasteiger partial charge < -0.3 is 24.3 Å². The van der Waals surface area contributed by atoms with Gasteiger partial charge in [0.25, 0.3) is 5.91 Å². The molecule has 0 bridgehead atoms. The molecule has 2 aliphatic rings. The van der Waals surface area contributed by atoms with Crippen molar-refractivity contribution in [2.24, 2.45) is 0 Å². The van der Waals surface area contributed by atoms with E-state index in [4.69, 9.17) is 18.9 Å². The van der Waals surface area contributed by atoms with Crippen molar-refractivity contribution in [2.75, 3.05) is 46.8 Å². The summed E-state index contributed by atoms with van der Waals surface area (Å²) < 4.78 is 48.8. The Morgan fingerprint density at radius 2 is 1.88 bits per heavy atom. The number of amides is 1. The second-order valence-corrected chi connectivity index (χ2v) is 9.83. The van der Waals surface area contributed by atoms with E-state index in [0.29, 0.717) is 31.3 Å². The number of methoxy groups -OCH3 is 1. The van der Waals surface area contributed by atoms with Crippen molar-refractivity contribution >= 4 is 15.9 Å². The third kappa shape index (κ3) is 5.30. The maximum atomic E-state index is 13.0. The Kier molecular flexibility index (Phi) is 7.18. The molecule has 2 aliphatic heterocycles. The van der Waals surface area contributed by atoms with Gasteiger partial charge in [-0.1, -0.05) is 12.1 Å². The molecule has 0 unspecified atom stereocenters. The summed E-state index contributed by atoms with van der Waals surface area (Å²) >= 11 is 0. The van der Waals surface area contributed by atoms with E-state index in [1.807, 2.05) is 18.2 Å². The number of benzene rings is 2. The van der Waals surface area contributed by atoms with Gasteiger partial charge in [-0.15, -0.1) is 0 Å². The number of fused-ring (bicyclic) bond motifs is 1. The molecule has 33 heavy (non-hydrogen) atoms. The Balaban J connectivity index is 1.49. The van der Waals surface area contributed by atoms with Crippen LogP contribution in [0.3, 0.4) is 0 Å². The summed E-state index contributed by atoms with van der Waals surface area (Å²) in [5.41, 5.74) is 1.01. The van der Waals surface area contributed by atoms with Crippen molar-refractivity contribution in [1.82, 2.24) is 10.0 Å². The molecule has 0 radical (unpaired) electrons. The number of ether oxygens (including phenoxy) is 4. The van der Waals surface area contributed by atoms with Gasteiger partial charge in [0.15, 0.2) is 11.5 Å². The van der Waals surface area contributed by atoms with Crippen LogP contribution in [0.2, 0.25) is 0 Å². The summed E-state index contributed by atoms with van der Waals surface area (Å²) in [6.45, 7) is 2.17. The number of carbonyl (C=O) groups is 1. The Labute approximate surface area is 193 Å². The molecule has 10 heteroatoms. The molecule has 2 N–H and O–H groups in total. The molecule has 0 spiro atoms. The van der Waals surface area contributed by atoms with E-state index in [0.717, 1.165) is 18.4 Å². The summed E-state index contributed by atoms with van der Waals surface area (Å²) in [6, 6.07) is 11.9. The van der Waals surface area contributed by atoms with E-state index < -0.39 is 10.0 Å². The lowest BCUT2D eigenvalue weighted by Crippen LogP contribution is -2.44. The van der Waals surface area contributed by atoms with E-state index in [-0.39, 0.29) is 41.7 Å². The first-order valence-electron chi connectivity index (χ1n) is 10.8. The zero-order valence-electron chi connectivity index (χ0n) is 18.5. The molecule has 0 saturated carbocycles. The number of rotatable bonds is 9. The van der Waals surface area contributed by atoms with Crippen LogP contribution in [0.4, 0.5) is 0 Å². The third-order valence-corrected chi connectivity index (χ3v) is 7.49. The van der Waals surface area contributed by atoms with Crippen LogP contribution in [0.5, 0.6) is 11.5 Å². The average Bonchev–Trinajstić information content (AvgIpc) is 3.31. The maximum Gasteiger partial charge on any atom is 0.251 e. The fourth-order valence-corrected chi connectivity index (χ4v) is 5.13. The fourth-order valence-electron chi connectivity index (χ4n) is 4.07. The van der Waals surface area contributed by atoms with Gasteiger partial charge in [-0.05, 0) is 48.7 Å². The van der Waals surface area contributed by atoms with Crippen molar-refractivity contribution in [3.05, 3.63) is 53.6 Å². The molecule has 1 fully saturated rings. The van der Waals surface area contributed by atoms with Crippen LogP contribution in [-0.2, 0) is 24.9 Å². The summed E-state index contributed by atoms with van der Waals surface area (Å²) in [6.07, 6.45) is 1.48. The molecule has 9 nitrogen and oxygen atoms in total. The van der Waals surface area contributed by atoms with E-state index in [2.05, 4.69) is 10.0 Å². The zero-order chi connectivity index (χ0) is 23.3. The normalized spacial score (nSPS) is 17.0. The molecule has 2 heterocycles. The van der Waals surface area contributed by atoms with Crippen LogP contribution in [0.1, 0.15) is 28.8 Å². The van der Waals surface area contributed by atoms with Gasteiger partial charge in [0.1, 0.15) is 0 Å². The van der Waals surface area contributed by atoms with Crippen molar-refractivity contribution in [3.63, 3.8) is 0 Å². The number of sulfonamides is 1. The van der Waals surface area contributed by atoms with Gasteiger partial charge in [-0.3, -0.25) is 4.79 Å². The van der Waals surface area contributed by atoms with Crippen molar-refractivity contribution < 1.29 is 32.2 Å². The van der Waals surface area contributed by atoms with E-state index in [9.17, 15) is 13.2 Å². The predicted molar refractivity (Wildman–Crippen MR) is 120 cm³/mol. The third-order valence-electron chi connectivity index (χ3n) is 6.03. The zero-order valence-corrected chi connectivity index (χ0v) is 19.3. The molecule has 178 valence electrons. The first-order valence-corrected chi connectivity index (χ1v) is 12.3. The van der Waals surface area contributed by atoms with Crippen molar-refractivity contribution in [3.8, 4) is 11.5 Å². The number of nitrogens with one attached hydrogen (secondary N) is 2. The van der Waals surface area contributed by atoms with Gasteiger partial charge >= 0.3 is 0 Å². The molecule has 2 aromatic rings. The smallest absolute Gasteiger partial charge is 0.251 e. The van der Waals surface area contributed by atoms with E-state index in [1.54, 1.807) is 12.1 Å². The second-order valence-electron chi connectivity index (χ2n) is 8.06. The van der Waals surface area contributed by atoms with Gasteiger partial charge in [0.05, 0.1) is 11.5 Å². The van der Waals surface area contributed by atoms with Gasteiger partial charge in [0, 0.05) is 44.4 Å². The first kappa shape index (κ1) is 23.5. The number of hydrogen-bond donors (Lipinski definition) is 2. The molecule has 0 aromatic heterocycles. The summed E-state index contributed by atoms with van der Waals surface area (Å²) in [5.74, 6) is 1.07. The highest BCUT2D eigenvalue weighted by Gasteiger charge is 2.36. The minimum absolute atomic E-state index is 0.0304. The molecular weight excluding hydrogens is 448 g/mol. The summed E-state index contributed by atoms with van der Waals surface area (Å²) in [4.78, 5) is 13.0. The van der Waals surface area contributed by atoms with Gasteiger partial charge in [-0.25, -0.2) is 13.1 Å². The molecule has 0 atom stereocenters. The maximum absolute atomic E-state index is 13.0. The molecular formula is C23H28N2O7S. The molecule has 2 aromatic carbocycles. The molecule has 4 rings (SSSR count). The van der Waals surface area contributed by atoms with E-state index >= 15 is 0 Å². The van der Waals surface area contributed by atoms with E-state index in [1.165, 1.54) is 19.2 Å². The largest absolute Gasteiger partial charge is 0.454 e. The monoisotopic (exact) mass is 476 g/mol. The fraction of sp³-hybridized carbons (Fsp3) is 0.435. The quantitative estimate of drug-likeness (QED) is 0.531. The standard InChI is InChI=1S/C23H28N2O7S/c1-29-12-9-25-33(27,28)19-4-2-3-17(13-19)22(26)24-15-23(7-10-30-11-8-23)18-5-6-20-21(14-18)32-16-31-20/h2-6,13-14,25H,7-12,15-16H2,1H3,(H,24,26). The highest BCUT2D eigenvalue weighted by atomic mass is 32.2. The van der Waals surface area contributed by atoms with Crippen molar-refractivity contribution in [2.45, 2.75) is 23.2 Å². The Bertz CT molecular complexity index is 1100. The van der Waals surface area contributed by atoms with Crippen LogP contribution >= 0.6 is 0 Å². The van der Waals surface area contributed by atoms with Crippen LogP contribution in [0.25, 0.3) is 0 Å². The Morgan fingerprint density at radius 3 is 2.67 bits per heavy atom. The van der Waals surface area contributed by atoms with Crippen LogP contribution in [-0.4, -0.2) is 61.1 Å². The lowest BCUT2D eigenvalue weighted by Gasteiger charge is -2.38. The van der Waals surface area contributed by atoms with Crippen molar-refractivity contribution in [1.29, 1.82) is 0 Å². The average molecular weight is 477 g/mol.